The molecule has 1 atom stereocenters. The average molecular weight is 286 g/mol. The van der Waals surface area contributed by atoms with Crippen molar-refractivity contribution < 1.29 is 18.7 Å². The highest BCUT2D eigenvalue weighted by molar-refractivity contribution is 6.00. The van der Waals surface area contributed by atoms with Crippen LogP contribution in [0.4, 0.5) is 4.39 Å². The van der Waals surface area contributed by atoms with Crippen molar-refractivity contribution in [2.45, 2.75) is 19.4 Å². The zero-order valence-corrected chi connectivity index (χ0v) is 11.6. The Kier molecular flexibility index (Phi) is 3.60. The van der Waals surface area contributed by atoms with Gasteiger partial charge in [-0.25, -0.2) is 4.39 Å². The van der Waals surface area contributed by atoms with Gasteiger partial charge in [0.2, 0.25) is 0 Å². The maximum atomic E-state index is 13.3. The van der Waals surface area contributed by atoms with Crippen molar-refractivity contribution in [3.8, 4) is 11.5 Å². The first kappa shape index (κ1) is 13.6. The lowest BCUT2D eigenvalue weighted by Gasteiger charge is -2.25. The van der Waals surface area contributed by atoms with Gasteiger partial charge in [-0.05, 0) is 36.8 Å². The van der Waals surface area contributed by atoms with E-state index in [4.69, 9.17) is 9.47 Å². The summed E-state index contributed by atoms with van der Waals surface area (Å²) in [7, 11) is 0. The maximum Gasteiger partial charge on any atom is 0.170 e. The van der Waals surface area contributed by atoms with Crippen LogP contribution in [0.2, 0.25) is 0 Å². The number of Topliss-reactive ketones (excluding diaryl/α,β-unsaturated/α-hetero) is 1. The van der Waals surface area contributed by atoms with Crippen LogP contribution in [-0.2, 0) is 0 Å². The molecule has 1 aliphatic heterocycles. The van der Waals surface area contributed by atoms with Crippen LogP contribution >= 0.6 is 0 Å². The maximum absolute atomic E-state index is 13.3. The summed E-state index contributed by atoms with van der Waals surface area (Å²) in [5.41, 5.74) is 1.29. The molecule has 4 heteroatoms. The van der Waals surface area contributed by atoms with Gasteiger partial charge >= 0.3 is 0 Å². The Bertz CT molecular complexity index is 681. The Hall–Kier alpha value is -2.36. The molecule has 0 radical (unpaired) electrons. The van der Waals surface area contributed by atoms with Crippen LogP contribution in [0.15, 0.2) is 42.5 Å². The van der Waals surface area contributed by atoms with Gasteiger partial charge in [-0.3, -0.25) is 4.79 Å². The van der Waals surface area contributed by atoms with Crippen molar-refractivity contribution in [3.05, 3.63) is 59.4 Å². The minimum absolute atomic E-state index is 0.0388. The number of halogens is 1. The minimum Gasteiger partial charge on any atom is -0.494 e. The first-order valence-electron chi connectivity index (χ1n) is 6.89. The third kappa shape index (κ3) is 2.75. The molecule has 0 bridgehead atoms. The molecule has 0 N–H and O–H groups in total. The van der Waals surface area contributed by atoms with Crippen LogP contribution in [-0.4, -0.2) is 12.4 Å². The fourth-order valence-corrected chi connectivity index (χ4v) is 2.45. The number of hydrogen-bond acceptors (Lipinski definition) is 3. The Morgan fingerprint density at radius 1 is 1.29 bits per heavy atom. The molecule has 3 nitrogen and oxygen atoms in total. The summed E-state index contributed by atoms with van der Waals surface area (Å²) in [5.74, 6) is 0.586. The molecule has 0 fully saturated rings. The zero-order chi connectivity index (χ0) is 14.8. The van der Waals surface area contributed by atoms with Gasteiger partial charge in [0.05, 0.1) is 18.6 Å². The zero-order valence-electron chi connectivity index (χ0n) is 11.6. The second kappa shape index (κ2) is 5.56. The summed E-state index contributed by atoms with van der Waals surface area (Å²) in [5, 5.41) is 0. The summed E-state index contributed by atoms with van der Waals surface area (Å²) in [6, 6.07) is 11.4. The quantitative estimate of drug-likeness (QED) is 0.857. The Morgan fingerprint density at radius 2 is 2.14 bits per heavy atom. The number of fused-ring (bicyclic) bond motifs is 1. The van der Waals surface area contributed by atoms with Crippen LogP contribution in [0.3, 0.4) is 0 Å². The monoisotopic (exact) mass is 286 g/mol. The van der Waals surface area contributed by atoms with Crippen molar-refractivity contribution in [1.82, 2.24) is 0 Å². The fourth-order valence-electron chi connectivity index (χ4n) is 2.45. The van der Waals surface area contributed by atoms with Crippen molar-refractivity contribution >= 4 is 5.78 Å². The lowest BCUT2D eigenvalue weighted by atomic mass is 9.96. The largest absolute Gasteiger partial charge is 0.494 e. The molecule has 0 spiro atoms. The standard InChI is InChI=1S/C17H15FO3/c1-2-20-13-5-3-4-11(8-13)16-10-15(19)14-7-6-12(18)9-17(14)21-16/h3-9,16H,2,10H2,1H3. The van der Waals surface area contributed by atoms with Gasteiger partial charge in [0, 0.05) is 6.07 Å². The van der Waals surface area contributed by atoms with E-state index in [9.17, 15) is 9.18 Å². The van der Waals surface area contributed by atoms with Gasteiger partial charge in [0.15, 0.2) is 5.78 Å². The molecular weight excluding hydrogens is 271 g/mol. The highest BCUT2D eigenvalue weighted by Gasteiger charge is 2.28. The first-order chi connectivity index (χ1) is 10.2. The number of carbonyl (C=O) groups is 1. The van der Waals surface area contributed by atoms with Crippen LogP contribution in [0.5, 0.6) is 11.5 Å². The highest BCUT2D eigenvalue weighted by Crippen LogP contribution is 2.36. The van der Waals surface area contributed by atoms with E-state index in [0.717, 1.165) is 11.3 Å². The lowest BCUT2D eigenvalue weighted by molar-refractivity contribution is 0.0849. The number of hydrogen-bond donors (Lipinski definition) is 0. The van der Waals surface area contributed by atoms with E-state index in [1.165, 1.54) is 18.2 Å². The number of rotatable bonds is 3. The van der Waals surface area contributed by atoms with Crippen LogP contribution in [0, 0.1) is 5.82 Å². The molecule has 1 heterocycles. The molecule has 0 saturated heterocycles. The van der Waals surface area contributed by atoms with E-state index < -0.39 is 11.9 Å². The van der Waals surface area contributed by atoms with E-state index in [1.54, 1.807) is 0 Å². The highest BCUT2D eigenvalue weighted by atomic mass is 19.1. The second-order valence-electron chi connectivity index (χ2n) is 4.88. The van der Waals surface area contributed by atoms with E-state index in [2.05, 4.69) is 0 Å². The van der Waals surface area contributed by atoms with Crippen molar-refractivity contribution in [2.24, 2.45) is 0 Å². The van der Waals surface area contributed by atoms with Gasteiger partial charge in [0.1, 0.15) is 23.4 Å². The second-order valence-corrected chi connectivity index (χ2v) is 4.88. The topological polar surface area (TPSA) is 35.5 Å². The predicted octanol–water partition coefficient (Wildman–Crippen LogP) is 3.93. The molecule has 0 aliphatic carbocycles. The average Bonchev–Trinajstić information content (AvgIpc) is 2.47. The van der Waals surface area contributed by atoms with Crippen molar-refractivity contribution in [1.29, 1.82) is 0 Å². The number of ether oxygens (including phenoxy) is 2. The molecule has 0 aromatic heterocycles. The molecule has 0 amide bonds. The normalized spacial score (nSPS) is 17.0. The molecular formula is C17H15FO3. The fraction of sp³-hybridized carbons (Fsp3) is 0.235. The molecule has 0 saturated carbocycles. The van der Waals surface area contributed by atoms with E-state index in [1.807, 2.05) is 31.2 Å². The van der Waals surface area contributed by atoms with Gasteiger partial charge in [0.25, 0.3) is 0 Å². The predicted molar refractivity (Wildman–Crippen MR) is 76.3 cm³/mol. The Balaban J connectivity index is 1.91. The first-order valence-corrected chi connectivity index (χ1v) is 6.89. The SMILES string of the molecule is CCOc1cccc(C2CC(=O)c3ccc(F)cc3O2)c1. The molecule has 2 aromatic rings. The van der Waals surface area contributed by atoms with Crippen molar-refractivity contribution in [2.75, 3.05) is 6.61 Å². The third-order valence-electron chi connectivity index (χ3n) is 3.42. The Labute approximate surface area is 122 Å². The van der Waals surface area contributed by atoms with E-state index in [-0.39, 0.29) is 12.2 Å². The summed E-state index contributed by atoms with van der Waals surface area (Å²) in [4.78, 5) is 12.2. The van der Waals surface area contributed by atoms with E-state index in [0.29, 0.717) is 17.9 Å². The van der Waals surface area contributed by atoms with Crippen LogP contribution < -0.4 is 9.47 Å². The molecule has 21 heavy (non-hydrogen) atoms. The number of benzene rings is 2. The van der Waals surface area contributed by atoms with Crippen molar-refractivity contribution in [3.63, 3.8) is 0 Å². The molecule has 3 rings (SSSR count). The summed E-state index contributed by atoms with van der Waals surface area (Å²) >= 11 is 0. The molecule has 2 aromatic carbocycles. The Morgan fingerprint density at radius 3 is 2.95 bits per heavy atom. The summed E-state index contributed by atoms with van der Waals surface area (Å²) < 4.78 is 24.5. The van der Waals surface area contributed by atoms with Crippen LogP contribution in [0.25, 0.3) is 0 Å². The van der Waals surface area contributed by atoms with Gasteiger partial charge in [-0.15, -0.1) is 0 Å². The summed E-state index contributed by atoms with van der Waals surface area (Å²) in [6.07, 6.45) is -0.166. The minimum atomic E-state index is -0.412. The number of ketones is 1. The van der Waals surface area contributed by atoms with Gasteiger partial charge < -0.3 is 9.47 Å². The van der Waals surface area contributed by atoms with Gasteiger partial charge in [-0.1, -0.05) is 12.1 Å². The molecule has 108 valence electrons. The molecule has 1 aliphatic rings. The van der Waals surface area contributed by atoms with Gasteiger partial charge in [-0.2, -0.15) is 0 Å². The third-order valence-corrected chi connectivity index (χ3v) is 3.42. The van der Waals surface area contributed by atoms with E-state index >= 15 is 0 Å². The molecule has 1 unspecified atom stereocenters. The lowest BCUT2D eigenvalue weighted by Crippen LogP contribution is -2.20. The number of carbonyl (C=O) groups excluding carboxylic acids is 1. The summed E-state index contributed by atoms with van der Waals surface area (Å²) in [6.45, 7) is 2.48. The smallest absolute Gasteiger partial charge is 0.170 e. The van der Waals surface area contributed by atoms with Crippen LogP contribution in [0.1, 0.15) is 35.4 Å².